The highest BCUT2D eigenvalue weighted by atomic mass is 16.7. The van der Waals surface area contributed by atoms with Crippen LogP contribution in [0.25, 0.3) is 21.9 Å². The van der Waals surface area contributed by atoms with Gasteiger partial charge in [0.05, 0.1) is 19.3 Å². The molecule has 7 nitrogen and oxygen atoms in total. The van der Waals surface area contributed by atoms with E-state index in [1.165, 1.54) is 7.11 Å². The van der Waals surface area contributed by atoms with Crippen molar-refractivity contribution in [1.82, 2.24) is 0 Å². The molecule has 0 N–H and O–H groups in total. The average Bonchev–Trinajstić information content (AvgIpc) is 3.41. The van der Waals surface area contributed by atoms with E-state index in [1.54, 1.807) is 13.2 Å². The first-order valence-corrected chi connectivity index (χ1v) is 9.06. The van der Waals surface area contributed by atoms with Crippen LogP contribution in [-0.2, 0) is 16.1 Å². The molecule has 3 aromatic carbocycles. The second-order valence-corrected chi connectivity index (χ2v) is 6.67. The predicted molar refractivity (Wildman–Crippen MR) is 104 cm³/mol. The lowest BCUT2D eigenvalue weighted by molar-refractivity contribution is 0.0596. The Kier molecular flexibility index (Phi) is 4.17. The van der Waals surface area contributed by atoms with Crippen LogP contribution in [0.2, 0.25) is 0 Å². The molecule has 5 rings (SSSR count). The third-order valence-electron chi connectivity index (χ3n) is 5.10. The van der Waals surface area contributed by atoms with E-state index in [-0.39, 0.29) is 20.2 Å². The molecule has 3 aromatic rings. The maximum atomic E-state index is 12.6. The zero-order valence-corrected chi connectivity index (χ0v) is 15.9. The van der Waals surface area contributed by atoms with Crippen molar-refractivity contribution >= 4 is 16.7 Å². The van der Waals surface area contributed by atoms with Crippen LogP contribution < -0.4 is 18.9 Å². The highest BCUT2D eigenvalue weighted by Gasteiger charge is 2.27. The molecular weight excluding hydrogens is 376 g/mol. The topological polar surface area (TPSA) is 72.5 Å². The lowest BCUT2D eigenvalue weighted by Crippen LogP contribution is -2.09. The molecule has 7 heteroatoms. The maximum absolute atomic E-state index is 12.6. The lowest BCUT2D eigenvalue weighted by Gasteiger charge is -2.18. The van der Waals surface area contributed by atoms with Gasteiger partial charge in [-0.1, -0.05) is 12.1 Å². The molecule has 148 valence electrons. The van der Waals surface area contributed by atoms with Crippen molar-refractivity contribution in [2.24, 2.45) is 0 Å². The van der Waals surface area contributed by atoms with Crippen LogP contribution in [0.3, 0.4) is 0 Å². The fraction of sp³-hybridized carbons (Fsp3) is 0.227. The van der Waals surface area contributed by atoms with E-state index in [0.29, 0.717) is 34.1 Å². The Morgan fingerprint density at radius 1 is 0.931 bits per heavy atom. The smallest absolute Gasteiger partial charge is 0.338 e. The summed E-state index contributed by atoms with van der Waals surface area (Å²) in [6, 6.07) is 11.2. The second-order valence-electron chi connectivity index (χ2n) is 6.67. The third kappa shape index (κ3) is 2.74. The van der Waals surface area contributed by atoms with Crippen LogP contribution in [0.15, 0.2) is 36.4 Å². The van der Waals surface area contributed by atoms with Crippen LogP contribution in [0.1, 0.15) is 15.9 Å². The summed E-state index contributed by atoms with van der Waals surface area (Å²) >= 11 is 0. The van der Waals surface area contributed by atoms with Gasteiger partial charge in [0.2, 0.25) is 13.6 Å². The van der Waals surface area contributed by atoms with Gasteiger partial charge in [0, 0.05) is 18.1 Å². The zero-order chi connectivity index (χ0) is 20.0. The molecule has 0 fully saturated rings. The number of fused-ring (bicyclic) bond motifs is 4. The van der Waals surface area contributed by atoms with Gasteiger partial charge < -0.3 is 28.4 Å². The molecule has 2 heterocycles. The van der Waals surface area contributed by atoms with Crippen molar-refractivity contribution < 1.29 is 33.2 Å². The summed E-state index contributed by atoms with van der Waals surface area (Å²) in [5.74, 6) is 2.20. The van der Waals surface area contributed by atoms with Crippen LogP contribution in [0.4, 0.5) is 0 Å². The highest BCUT2D eigenvalue weighted by Crippen LogP contribution is 2.47. The van der Waals surface area contributed by atoms with Crippen molar-refractivity contribution in [2.75, 3.05) is 27.8 Å². The summed E-state index contributed by atoms with van der Waals surface area (Å²) < 4.78 is 32.9. The molecule has 2 aliphatic rings. The molecule has 2 aliphatic heterocycles. The maximum Gasteiger partial charge on any atom is 0.338 e. The van der Waals surface area contributed by atoms with Crippen molar-refractivity contribution in [1.29, 1.82) is 0 Å². The Morgan fingerprint density at radius 2 is 1.69 bits per heavy atom. The summed E-state index contributed by atoms with van der Waals surface area (Å²) in [7, 11) is 2.95. The van der Waals surface area contributed by atoms with Gasteiger partial charge in [-0.3, -0.25) is 0 Å². The SMILES string of the molecule is COCc1c(C(=O)OC)cc2ccc3c(c2c1-c1ccc2c(c1)OCO2)OCO3. The molecular formula is C22H18O7. The molecule has 0 aliphatic carbocycles. The fourth-order valence-corrected chi connectivity index (χ4v) is 3.85. The van der Waals surface area contributed by atoms with Gasteiger partial charge in [-0.2, -0.15) is 0 Å². The van der Waals surface area contributed by atoms with Gasteiger partial charge in [-0.15, -0.1) is 0 Å². The van der Waals surface area contributed by atoms with Crippen molar-refractivity contribution in [3.05, 3.63) is 47.5 Å². The minimum atomic E-state index is -0.432. The standard InChI is InChI=1S/C22H18O7/c1-24-9-15-14(22(23)25-2)7-12-4-6-17-21(29-11-27-17)20(12)19(15)13-3-5-16-18(8-13)28-10-26-16/h3-8H,9-11H2,1-2H3. The van der Waals surface area contributed by atoms with Gasteiger partial charge >= 0.3 is 5.97 Å². The Morgan fingerprint density at radius 3 is 2.52 bits per heavy atom. The normalized spacial score (nSPS) is 13.7. The van der Waals surface area contributed by atoms with Crippen molar-refractivity contribution in [2.45, 2.75) is 6.61 Å². The van der Waals surface area contributed by atoms with Crippen molar-refractivity contribution in [3.63, 3.8) is 0 Å². The highest BCUT2D eigenvalue weighted by molar-refractivity contribution is 6.09. The predicted octanol–water partition coefficient (Wildman–Crippen LogP) is 3.90. The molecule has 0 spiro atoms. The Balaban J connectivity index is 1.88. The first-order chi connectivity index (χ1) is 14.2. The number of carbonyl (C=O) groups is 1. The quantitative estimate of drug-likeness (QED) is 0.622. The summed E-state index contributed by atoms with van der Waals surface area (Å²) in [5, 5.41) is 1.68. The van der Waals surface area contributed by atoms with E-state index in [0.717, 1.165) is 21.9 Å². The Labute approximate surface area is 166 Å². The summed E-state index contributed by atoms with van der Waals surface area (Å²) in [6.07, 6.45) is 0. The van der Waals surface area contributed by atoms with Crippen LogP contribution >= 0.6 is 0 Å². The van der Waals surface area contributed by atoms with Gasteiger partial charge in [0.15, 0.2) is 23.0 Å². The molecule has 0 radical (unpaired) electrons. The molecule has 0 atom stereocenters. The summed E-state index contributed by atoms with van der Waals surface area (Å²) in [4.78, 5) is 12.6. The molecule has 0 saturated carbocycles. The number of ether oxygens (including phenoxy) is 6. The minimum absolute atomic E-state index is 0.146. The number of benzene rings is 3. The van der Waals surface area contributed by atoms with Gasteiger partial charge in [0.1, 0.15) is 0 Å². The summed E-state index contributed by atoms with van der Waals surface area (Å²) in [5.41, 5.74) is 2.80. The minimum Gasteiger partial charge on any atom is -0.465 e. The fourth-order valence-electron chi connectivity index (χ4n) is 3.85. The first kappa shape index (κ1) is 17.6. The first-order valence-electron chi connectivity index (χ1n) is 9.06. The van der Waals surface area contributed by atoms with Gasteiger partial charge in [-0.05, 0) is 40.8 Å². The van der Waals surface area contributed by atoms with Gasteiger partial charge in [0.25, 0.3) is 0 Å². The average molecular weight is 394 g/mol. The molecule has 0 aromatic heterocycles. The van der Waals surface area contributed by atoms with E-state index in [4.69, 9.17) is 28.4 Å². The van der Waals surface area contributed by atoms with Crippen molar-refractivity contribution in [3.8, 4) is 34.1 Å². The van der Waals surface area contributed by atoms with Gasteiger partial charge in [-0.25, -0.2) is 4.79 Å². The van der Waals surface area contributed by atoms with E-state index < -0.39 is 5.97 Å². The van der Waals surface area contributed by atoms with Crippen LogP contribution in [0.5, 0.6) is 23.0 Å². The number of methoxy groups -OCH3 is 2. The summed E-state index contributed by atoms with van der Waals surface area (Å²) in [6.45, 7) is 0.543. The second kappa shape index (κ2) is 6.86. The number of hydrogen-bond acceptors (Lipinski definition) is 7. The van der Waals surface area contributed by atoms with Crippen LogP contribution in [-0.4, -0.2) is 33.8 Å². The number of carbonyl (C=O) groups excluding carboxylic acids is 1. The van der Waals surface area contributed by atoms with E-state index in [1.807, 2.05) is 30.3 Å². The van der Waals surface area contributed by atoms with E-state index in [9.17, 15) is 4.79 Å². The van der Waals surface area contributed by atoms with E-state index >= 15 is 0 Å². The molecule has 0 amide bonds. The monoisotopic (exact) mass is 394 g/mol. The molecule has 0 unspecified atom stereocenters. The Hall–Kier alpha value is -3.45. The lowest BCUT2D eigenvalue weighted by atomic mass is 9.89. The Bertz CT molecular complexity index is 1140. The largest absolute Gasteiger partial charge is 0.465 e. The zero-order valence-electron chi connectivity index (χ0n) is 15.9. The van der Waals surface area contributed by atoms with E-state index in [2.05, 4.69) is 0 Å². The molecule has 0 saturated heterocycles. The number of esters is 1. The number of hydrogen-bond donors (Lipinski definition) is 0. The third-order valence-corrected chi connectivity index (χ3v) is 5.10. The number of rotatable bonds is 4. The molecule has 29 heavy (non-hydrogen) atoms. The van der Waals surface area contributed by atoms with Crippen LogP contribution in [0, 0.1) is 0 Å². The molecule has 0 bridgehead atoms.